The van der Waals surface area contributed by atoms with Gasteiger partial charge in [-0.05, 0) is 33.1 Å². The standard InChI is InChI=1S/C26H27BrO2Si/c1-26(2,3)30(22-12-6-4-7-13-22,23-14-8-5-9-15-23)28-19-21-17-24-20(18-27)11-10-16-25(24)29-21/h4-17H,18-19H2,1-3H3. The molecule has 0 radical (unpaired) electrons. The van der Waals surface area contributed by atoms with E-state index in [2.05, 4.69) is 109 Å². The zero-order chi connectivity index (χ0) is 21.2. The molecule has 1 heterocycles. The molecule has 0 unspecified atom stereocenters. The van der Waals surface area contributed by atoms with Crippen molar-refractivity contribution in [1.82, 2.24) is 0 Å². The fourth-order valence-electron chi connectivity index (χ4n) is 4.30. The number of hydrogen-bond acceptors (Lipinski definition) is 2. The quantitative estimate of drug-likeness (QED) is 0.236. The SMILES string of the molecule is CC(C)(C)[Si](OCc1cc2c(CBr)cccc2o1)(c1ccccc1)c1ccccc1. The second-order valence-corrected chi connectivity index (χ2v) is 13.5. The van der Waals surface area contributed by atoms with Crippen LogP contribution in [0.25, 0.3) is 11.0 Å². The van der Waals surface area contributed by atoms with Crippen LogP contribution in [-0.2, 0) is 16.4 Å². The Kier molecular flexibility index (Phi) is 6.01. The molecular formula is C26H27BrO2Si. The van der Waals surface area contributed by atoms with E-state index in [-0.39, 0.29) is 5.04 Å². The van der Waals surface area contributed by atoms with E-state index in [9.17, 15) is 0 Å². The molecule has 0 N–H and O–H groups in total. The minimum absolute atomic E-state index is 0.0528. The summed E-state index contributed by atoms with van der Waals surface area (Å²) in [5.74, 6) is 0.867. The van der Waals surface area contributed by atoms with Gasteiger partial charge in [-0.1, -0.05) is 109 Å². The van der Waals surface area contributed by atoms with E-state index in [1.54, 1.807) is 0 Å². The van der Waals surface area contributed by atoms with Crippen molar-refractivity contribution in [1.29, 1.82) is 0 Å². The molecule has 0 aliphatic carbocycles. The highest BCUT2D eigenvalue weighted by molar-refractivity contribution is 9.08. The van der Waals surface area contributed by atoms with Crippen LogP contribution < -0.4 is 10.4 Å². The Balaban J connectivity index is 1.79. The van der Waals surface area contributed by atoms with Crippen molar-refractivity contribution in [3.63, 3.8) is 0 Å². The van der Waals surface area contributed by atoms with Crippen LogP contribution in [0.15, 0.2) is 89.3 Å². The predicted molar refractivity (Wildman–Crippen MR) is 131 cm³/mol. The highest BCUT2D eigenvalue weighted by atomic mass is 79.9. The molecule has 30 heavy (non-hydrogen) atoms. The monoisotopic (exact) mass is 478 g/mol. The average molecular weight is 479 g/mol. The number of alkyl halides is 1. The molecule has 0 saturated heterocycles. The number of halogens is 1. The molecular weight excluding hydrogens is 452 g/mol. The van der Waals surface area contributed by atoms with Crippen molar-refractivity contribution in [2.24, 2.45) is 0 Å². The van der Waals surface area contributed by atoms with Crippen LogP contribution in [0.2, 0.25) is 5.04 Å². The maximum atomic E-state index is 6.99. The van der Waals surface area contributed by atoms with Crippen LogP contribution in [0.4, 0.5) is 0 Å². The first-order valence-electron chi connectivity index (χ1n) is 10.3. The number of furan rings is 1. The summed E-state index contributed by atoms with van der Waals surface area (Å²) in [6, 6.07) is 29.7. The molecule has 1 aromatic heterocycles. The van der Waals surface area contributed by atoms with Crippen molar-refractivity contribution in [3.05, 3.63) is 96.3 Å². The normalized spacial score (nSPS) is 12.4. The second kappa shape index (κ2) is 8.54. The first-order chi connectivity index (χ1) is 14.5. The summed E-state index contributed by atoms with van der Waals surface area (Å²) in [6.45, 7) is 7.33. The summed E-state index contributed by atoms with van der Waals surface area (Å²) in [4.78, 5) is 0. The molecule has 3 aromatic carbocycles. The molecule has 0 aliphatic rings. The Hall–Kier alpha value is -2.14. The van der Waals surface area contributed by atoms with Crippen LogP contribution in [-0.4, -0.2) is 8.32 Å². The third-order valence-corrected chi connectivity index (χ3v) is 11.3. The minimum atomic E-state index is -2.57. The zero-order valence-electron chi connectivity index (χ0n) is 17.7. The summed E-state index contributed by atoms with van der Waals surface area (Å²) in [7, 11) is -2.57. The van der Waals surface area contributed by atoms with Gasteiger partial charge < -0.3 is 8.84 Å². The third-order valence-electron chi connectivity index (χ3n) is 5.69. The van der Waals surface area contributed by atoms with Gasteiger partial charge in [-0.25, -0.2) is 0 Å². The van der Waals surface area contributed by atoms with E-state index < -0.39 is 8.32 Å². The van der Waals surface area contributed by atoms with Gasteiger partial charge in [-0.15, -0.1) is 0 Å². The van der Waals surface area contributed by atoms with Gasteiger partial charge in [0.1, 0.15) is 11.3 Å². The van der Waals surface area contributed by atoms with Gasteiger partial charge in [-0.2, -0.15) is 0 Å². The Morgan fingerprint density at radius 2 is 1.43 bits per heavy atom. The van der Waals surface area contributed by atoms with Crippen LogP contribution >= 0.6 is 15.9 Å². The molecule has 0 fully saturated rings. The average Bonchev–Trinajstić information content (AvgIpc) is 3.18. The minimum Gasteiger partial charge on any atom is -0.459 e. The van der Waals surface area contributed by atoms with Gasteiger partial charge in [0.05, 0.1) is 6.61 Å². The van der Waals surface area contributed by atoms with Crippen LogP contribution in [0.3, 0.4) is 0 Å². The van der Waals surface area contributed by atoms with Gasteiger partial charge in [0.15, 0.2) is 0 Å². The molecule has 0 atom stereocenters. The number of hydrogen-bond donors (Lipinski definition) is 0. The van der Waals surface area contributed by atoms with Crippen molar-refractivity contribution >= 4 is 45.6 Å². The molecule has 4 heteroatoms. The van der Waals surface area contributed by atoms with Crippen molar-refractivity contribution in [3.8, 4) is 0 Å². The Labute approximate surface area is 188 Å². The lowest BCUT2D eigenvalue weighted by atomic mass is 10.1. The smallest absolute Gasteiger partial charge is 0.261 e. The number of benzene rings is 3. The van der Waals surface area contributed by atoms with Crippen LogP contribution in [0.5, 0.6) is 0 Å². The third kappa shape index (κ3) is 3.80. The van der Waals surface area contributed by atoms with E-state index in [4.69, 9.17) is 8.84 Å². The Bertz CT molecular complexity index is 1070. The van der Waals surface area contributed by atoms with Gasteiger partial charge in [0.25, 0.3) is 8.32 Å². The summed E-state index contributed by atoms with van der Waals surface area (Å²) in [5, 5.41) is 4.46. The van der Waals surface area contributed by atoms with E-state index in [1.807, 2.05) is 12.1 Å². The zero-order valence-corrected chi connectivity index (χ0v) is 20.3. The fraction of sp³-hybridized carbons (Fsp3) is 0.231. The Morgan fingerprint density at radius 3 is 1.97 bits per heavy atom. The first kappa shape index (κ1) is 21.1. The summed E-state index contributed by atoms with van der Waals surface area (Å²) >= 11 is 3.58. The highest BCUT2D eigenvalue weighted by Gasteiger charge is 2.50. The predicted octanol–water partition coefficient (Wildman–Crippen LogP) is 6.40. The topological polar surface area (TPSA) is 22.4 Å². The van der Waals surface area contributed by atoms with Crippen molar-refractivity contribution < 1.29 is 8.84 Å². The lowest BCUT2D eigenvalue weighted by Gasteiger charge is -2.42. The largest absolute Gasteiger partial charge is 0.459 e. The number of rotatable bonds is 6. The van der Waals surface area contributed by atoms with E-state index in [1.165, 1.54) is 15.9 Å². The lowest BCUT2D eigenvalue weighted by molar-refractivity contribution is 0.258. The molecule has 0 bridgehead atoms. The fourth-order valence-corrected chi connectivity index (χ4v) is 9.31. The Morgan fingerprint density at radius 1 is 0.833 bits per heavy atom. The molecule has 0 saturated carbocycles. The first-order valence-corrected chi connectivity index (χ1v) is 13.3. The molecule has 4 aromatic rings. The lowest BCUT2D eigenvalue weighted by Crippen LogP contribution is -2.66. The van der Waals surface area contributed by atoms with Gasteiger partial charge in [0.2, 0.25) is 0 Å². The summed E-state index contributed by atoms with van der Waals surface area (Å²) in [5.41, 5.74) is 2.14. The maximum Gasteiger partial charge on any atom is 0.261 e. The van der Waals surface area contributed by atoms with Gasteiger partial charge in [0, 0.05) is 10.7 Å². The summed E-state index contributed by atoms with van der Waals surface area (Å²) in [6.07, 6.45) is 0. The van der Waals surface area contributed by atoms with Crippen molar-refractivity contribution in [2.75, 3.05) is 0 Å². The van der Waals surface area contributed by atoms with E-state index in [0.717, 1.165) is 22.1 Å². The molecule has 0 amide bonds. The van der Waals surface area contributed by atoms with Crippen molar-refractivity contribution in [2.45, 2.75) is 37.7 Å². The highest BCUT2D eigenvalue weighted by Crippen LogP contribution is 2.37. The van der Waals surface area contributed by atoms with Gasteiger partial charge >= 0.3 is 0 Å². The maximum absolute atomic E-state index is 6.99. The molecule has 0 spiro atoms. The van der Waals surface area contributed by atoms with Gasteiger partial charge in [-0.3, -0.25) is 0 Å². The molecule has 0 aliphatic heterocycles. The molecule has 2 nitrogen and oxygen atoms in total. The second-order valence-electron chi connectivity index (χ2n) is 8.63. The molecule has 4 rings (SSSR count). The van der Waals surface area contributed by atoms with Crippen LogP contribution in [0.1, 0.15) is 32.1 Å². The molecule has 154 valence electrons. The number of fused-ring (bicyclic) bond motifs is 1. The van der Waals surface area contributed by atoms with E-state index in [0.29, 0.717) is 6.61 Å². The summed E-state index contributed by atoms with van der Waals surface area (Å²) < 4.78 is 13.2. The van der Waals surface area contributed by atoms with Crippen LogP contribution in [0, 0.1) is 0 Å². The van der Waals surface area contributed by atoms with E-state index >= 15 is 0 Å².